The smallest absolute Gasteiger partial charge is 0.309 e. The first-order valence-electron chi connectivity index (χ1n) is 18.5. The van der Waals surface area contributed by atoms with Gasteiger partial charge in [0.2, 0.25) is 0 Å². The number of alkyl halides is 6. The molecule has 0 saturated carbocycles. The molecule has 13 heteroatoms. The molecule has 9 rings (SSSR count). The van der Waals surface area contributed by atoms with Gasteiger partial charge >= 0.3 is 12.4 Å². The van der Waals surface area contributed by atoms with Gasteiger partial charge in [0.05, 0.1) is 97.0 Å². The molecule has 0 bridgehead atoms. The van der Waals surface area contributed by atoms with Crippen molar-refractivity contribution in [1.82, 2.24) is 9.13 Å². The van der Waals surface area contributed by atoms with Crippen LogP contribution in [-0.2, 0) is 12.4 Å². The lowest BCUT2D eigenvalue weighted by atomic mass is 9.89. The van der Waals surface area contributed by atoms with Crippen LogP contribution >= 0.6 is 0 Å². The van der Waals surface area contributed by atoms with Crippen LogP contribution in [0.15, 0.2) is 127 Å². The predicted octanol–water partition coefficient (Wildman–Crippen LogP) is 12.6. The van der Waals surface area contributed by atoms with Gasteiger partial charge in [-0.15, -0.1) is 0 Å². The molecule has 62 heavy (non-hydrogen) atoms. The molecule has 0 atom stereocenters. The summed E-state index contributed by atoms with van der Waals surface area (Å²) in [6.07, 6.45) is -10.4. The highest BCUT2D eigenvalue weighted by atomic mass is 19.4. The molecule has 0 amide bonds. The van der Waals surface area contributed by atoms with Crippen molar-refractivity contribution in [1.29, 1.82) is 26.3 Å². The van der Waals surface area contributed by atoms with Gasteiger partial charge in [-0.25, -0.2) is 0 Å². The van der Waals surface area contributed by atoms with Gasteiger partial charge in [-0.2, -0.15) is 52.7 Å². The Hall–Kier alpha value is -8.83. The average Bonchev–Trinajstić information content (AvgIpc) is 3.78. The summed E-state index contributed by atoms with van der Waals surface area (Å²) in [5.41, 5.74) is -0.0752. The maximum Gasteiger partial charge on any atom is 0.417 e. The molecule has 7 nitrogen and oxygen atoms in total. The summed E-state index contributed by atoms with van der Waals surface area (Å²) in [4.78, 5) is 0. The standard InChI is InChI=1S/C49H21F6N7/c50-48(51,52)40-2-1-3-41(49(53,54)55)47(40)31-9-15-46(62-44-13-6-29(24-58)18-37(44)38-19-30(25-59)7-14-45(38)62)39(20-31)34-21-33(10-8-32(34)26-60)61-42-11-4-27(22-56)16-35(42)36-17-28(23-57)5-12-43(36)61/h1-21H. The first-order chi connectivity index (χ1) is 29.8. The zero-order chi connectivity index (χ0) is 43.7. The van der Waals surface area contributed by atoms with Crippen molar-refractivity contribution in [3.8, 4) is 64.0 Å². The number of hydrogen-bond acceptors (Lipinski definition) is 5. The van der Waals surface area contributed by atoms with Crippen molar-refractivity contribution >= 4 is 43.6 Å². The molecule has 2 heterocycles. The van der Waals surface area contributed by atoms with Crippen LogP contribution in [0.4, 0.5) is 26.3 Å². The van der Waals surface area contributed by atoms with E-state index in [1.165, 1.54) is 24.3 Å². The molecule has 2 aromatic heterocycles. The van der Waals surface area contributed by atoms with E-state index in [-0.39, 0.29) is 22.4 Å². The minimum atomic E-state index is -5.19. The Morgan fingerprint density at radius 2 is 0.839 bits per heavy atom. The third kappa shape index (κ3) is 6.11. The van der Waals surface area contributed by atoms with E-state index in [9.17, 15) is 52.7 Å². The molecular weight excluding hydrogens is 801 g/mol. The zero-order valence-electron chi connectivity index (χ0n) is 31.5. The van der Waals surface area contributed by atoms with Crippen molar-refractivity contribution in [2.75, 3.05) is 0 Å². The molecule has 0 spiro atoms. The number of fused-ring (bicyclic) bond motifs is 6. The summed E-state index contributed by atoms with van der Waals surface area (Å²) in [6, 6.07) is 40.7. The van der Waals surface area contributed by atoms with Gasteiger partial charge in [0.15, 0.2) is 0 Å². The van der Waals surface area contributed by atoms with E-state index >= 15 is 0 Å². The van der Waals surface area contributed by atoms with Gasteiger partial charge in [-0.1, -0.05) is 12.1 Å². The van der Waals surface area contributed by atoms with Crippen molar-refractivity contribution in [2.45, 2.75) is 12.4 Å². The fourth-order valence-electron chi connectivity index (χ4n) is 8.29. The number of halogens is 6. The van der Waals surface area contributed by atoms with E-state index in [0.29, 0.717) is 89.8 Å². The topological polar surface area (TPSA) is 129 Å². The van der Waals surface area contributed by atoms with Gasteiger partial charge in [-0.3, -0.25) is 0 Å². The van der Waals surface area contributed by atoms with Crippen LogP contribution in [0.2, 0.25) is 0 Å². The summed E-state index contributed by atoms with van der Waals surface area (Å²) < 4.78 is 91.6. The second-order valence-electron chi connectivity index (χ2n) is 14.3. The minimum Gasteiger partial charge on any atom is -0.309 e. The number of benzene rings is 7. The van der Waals surface area contributed by atoms with Gasteiger partial charge in [-0.05, 0) is 121 Å². The van der Waals surface area contributed by atoms with Gasteiger partial charge in [0.25, 0.3) is 0 Å². The zero-order valence-corrected chi connectivity index (χ0v) is 31.5. The van der Waals surface area contributed by atoms with E-state index in [1.54, 1.807) is 89.5 Å². The molecule has 0 unspecified atom stereocenters. The number of rotatable bonds is 4. The Balaban J connectivity index is 1.42. The normalized spacial score (nSPS) is 11.6. The number of hydrogen-bond donors (Lipinski definition) is 0. The summed E-state index contributed by atoms with van der Waals surface area (Å²) >= 11 is 0. The Labute approximate surface area is 347 Å². The molecule has 0 radical (unpaired) electrons. The average molecular weight is 822 g/mol. The van der Waals surface area contributed by atoms with Crippen molar-refractivity contribution in [3.63, 3.8) is 0 Å². The van der Waals surface area contributed by atoms with E-state index in [0.717, 1.165) is 0 Å². The van der Waals surface area contributed by atoms with Crippen LogP contribution in [0, 0.1) is 56.7 Å². The fraction of sp³-hybridized carbons (Fsp3) is 0.0408. The summed E-state index contributed by atoms with van der Waals surface area (Å²) in [7, 11) is 0. The third-order valence-corrected chi connectivity index (χ3v) is 10.9. The second kappa shape index (κ2) is 14.2. The lowest BCUT2D eigenvalue weighted by Crippen LogP contribution is -2.14. The van der Waals surface area contributed by atoms with Gasteiger partial charge in [0, 0.05) is 43.9 Å². The summed E-state index contributed by atoms with van der Waals surface area (Å²) in [5.74, 6) is 0. The van der Waals surface area contributed by atoms with E-state index < -0.39 is 34.6 Å². The van der Waals surface area contributed by atoms with Crippen LogP contribution in [0.25, 0.3) is 77.2 Å². The van der Waals surface area contributed by atoms with Gasteiger partial charge < -0.3 is 9.13 Å². The monoisotopic (exact) mass is 821 g/mol. The van der Waals surface area contributed by atoms with Crippen LogP contribution in [-0.4, -0.2) is 9.13 Å². The molecule has 9 aromatic rings. The molecule has 294 valence electrons. The van der Waals surface area contributed by atoms with Crippen LogP contribution in [0.1, 0.15) is 38.9 Å². The fourth-order valence-corrected chi connectivity index (χ4v) is 8.29. The quantitative estimate of drug-likeness (QED) is 0.163. The van der Waals surface area contributed by atoms with Crippen LogP contribution in [0.5, 0.6) is 0 Å². The number of nitriles is 5. The summed E-state index contributed by atoms with van der Waals surface area (Å²) in [6.45, 7) is 0. The van der Waals surface area contributed by atoms with Crippen LogP contribution in [0.3, 0.4) is 0 Å². The number of nitrogens with zero attached hydrogens (tertiary/aromatic N) is 7. The maximum atomic E-state index is 14.7. The summed E-state index contributed by atoms with van der Waals surface area (Å²) in [5, 5.41) is 52.1. The first kappa shape index (κ1) is 38.7. The molecule has 0 fully saturated rings. The maximum absolute atomic E-state index is 14.7. The minimum absolute atomic E-state index is 0.0332. The molecule has 7 aromatic carbocycles. The van der Waals surface area contributed by atoms with E-state index in [4.69, 9.17) is 0 Å². The Kier molecular flexibility index (Phi) is 8.84. The molecule has 0 aliphatic heterocycles. The van der Waals surface area contributed by atoms with Crippen molar-refractivity contribution < 1.29 is 26.3 Å². The highest BCUT2D eigenvalue weighted by Gasteiger charge is 2.41. The molecule has 0 aliphatic rings. The Morgan fingerprint density at radius 3 is 1.24 bits per heavy atom. The predicted molar refractivity (Wildman–Crippen MR) is 220 cm³/mol. The van der Waals surface area contributed by atoms with Crippen LogP contribution < -0.4 is 0 Å². The van der Waals surface area contributed by atoms with Gasteiger partial charge in [0.1, 0.15) is 0 Å². The Bertz CT molecular complexity index is 3450. The largest absolute Gasteiger partial charge is 0.417 e. The molecule has 0 saturated heterocycles. The SMILES string of the molecule is N#Cc1ccc2c(c1)c1cc(C#N)ccc1n2-c1ccc(C#N)c(-c2cc(-c3c(C(F)(F)F)cccc3C(F)(F)F)ccc2-n2c3ccc(C#N)cc3c3cc(C#N)ccc32)c1. The van der Waals surface area contributed by atoms with Crippen molar-refractivity contribution in [3.05, 3.63) is 166 Å². The highest BCUT2D eigenvalue weighted by Crippen LogP contribution is 2.47. The number of aromatic nitrogens is 2. The van der Waals surface area contributed by atoms with E-state index in [2.05, 4.69) is 30.3 Å². The molecule has 0 N–H and O–H groups in total. The third-order valence-electron chi connectivity index (χ3n) is 10.9. The lowest BCUT2D eigenvalue weighted by Gasteiger charge is -2.22. The van der Waals surface area contributed by atoms with E-state index in [1.807, 2.05) is 4.57 Å². The molecule has 0 aliphatic carbocycles. The molecular formula is C49H21F6N7. The lowest BCUT2D eigenvalue weighted by molar-refractivity contribution is -0.142. The Morgan fingerprint density at radius 1 is 0.403 bits per heavy atom. The first-order valence-corrected chi connectivity index (χ1v) is 18.5. The second-order valence-corrected chi connectivity index (χ2v) is 14.3. The highest BCUT2D eigenvalue weighted by molar-refractivity contribution is 6.12. The van der Waals surface area contributed by atoms with Crippen molar-refractivity contribution in [2.24, 2.45) is 0 Å².